The largest absolute Gasteiger partial charge is 0.480 e. The van der Waals surface area contributed by atoms with Crippen LogP contribution in [-0.4, -0.2) is 90.6 Å². The van der Waals surface area contributed by atoms with Gasteiger partial charge in [0.05, 0.1) is 18.2 Å². The number of amides is 3. The highest BCUT2D eigenvalue weighted by atomic mass is 32.2. The van der Waals surface area contributed by atoms with E-state index in [0.29, 0.717) is 18.7 Å². The van der Waals surface area contributed by atoms with E-state index >= 15 is 0 Å². The number of carboxylic acids is 1. The van der Waals surface area contributed by atoms with Gasteiger partial charge in [-0.2, -0.15) is 0 Å². The van der Waals surface area contributed by atoms with Crippen LogP contribution in [0.15, 0.2) is 30.3 Å². The fourth-order valence-electron chi connectivity index (χ4n) is 4.77. The number of nitrogens with one attached hydrogen (secondary N) is 2. The van der Waals surface area contributed by atoms with E-state index in [1.165, 1.54) is 0 Å². The third-order valence-corrected chi connectivity index (χ3v) is 7.85. The number of carbonyl (C=O) groups is 4. The van der Waals surface area contributed by atoms with Gasteiger partial charge in [0.25, 0.3) is 0 Å². The Morgan fingerprint density at radius 3 is 2.31 bits per heavy atom. The SMILES string of the molecule is CC(C)(C)OC(=O)N[C@H]1C[C@@H](C(=O)O)N(C(=O)[C@@H](CC(=O)N2CCCCC2)NS(=O)(=O)Cc2ccccc2)C1. The first-order chi connectivity index (χ1) is 18.2. The normalized spacial score (nSPS) is 20.8. The molecule has 3 atom stereocenters. The molecule has 0 aromatic heterocycles. The van der Waals surface area contributed by atoms with Crippen LogP contribution >= 0.6 is 0 Å². The number of carbonyl (C=O) groups excluding carboxylic acids is 3. The second-order valence-electron chi connectivity index (χ2n) is 11.0. The third kappa shape index (κ3) is 9.20. The van der Waals surface area contributed by atoms with Crippen molar-refractivity contribution in [1.29, 1.82) is 0 Å². The van der Waals surface area contributed by atoms with Crippen LogP contribution in [-0.2, 0) is 34.9 Å². The molecule has 3 amide bonds. The van der Waals surface area contributed by atoms with E-state index in [9.17, 15) is 32.7 Å². The van der Waals surface area contributed by atoms with Gasteiger partial charge in [0.15, 0.2) is 0 Å². The van der Waals surface area contributed by atoms with Crippen molar-refractivity contribution in [3.8, 4) is 0 Å². The Kier molecular flexibility index (Phi) is 9.94. The highest BCUT2D eigenvalue weighted by molar-refractivity contribution is 7.88. The molecule has 0 bridgehead atoms. The van der Waals surface area contributed by atoms with E-state index in [1.807, 2.05) is 0 Å². The molecular weight excluding hydrogens is 528 g/mol. The zero-order valence-electron chi connectivity index (χ0n) is 22.6. The van der Waals surface area contributed by atoms with Gasteiger partial charge in [0.2, 0.25) is 21.8 Å². The molecule has 13 heteroatoms. The average molecular weight is 567 g/mol. The highest BCUT2D eigenvalue weighted by Gasteiger charge is 2.44. The van der Waals surface area contributed by atoms with Gasteiger partial charge in [0, 0.05) is 26.1 Å². The van der Waals surface area contributed by atoms with E-state index in [4.69, 9.17) is 4.74 Å². The Labute approximate surface area is 229 Å². The molecule has 0 radical (unpaired) electrons. The number of nitrogens with zero attached hydrogens (tertiary/aromatic N) is 2. The number of aliphatic carboxylic acids is 1. The molecule has 0 saturated carbocycles. The summed E-state index contributed by atoms with van der Waals surface area (Å²) in [5.41, 5.74) is -0.286. The molecule has 2 fully saturated rings. The summed E-state index contributed by atoms with van der Waals surface area (Å²) in [4.78, 5) is 53.7. The van der Waals surface area contributed by atoms with Gasteiger partial charge in [-0.25, -0.2) is 22.7 Å². The molecule has 2 heterocycles. The molecule has 2 saturated heterocycles. The maximum atomic E-state index is 13.7. The first kappa shape index (κ1) is 30.4. The number of piperidine rings is 1. The van der Waals surface area contributed by atoms with Crippen molar-refractivity contribution in [1.82, 2.24) is 19.8 Å². The van der Waals surface area contributed by atoms with Gasteiger partial charge < -0.3 is 25.0 Å². The number of rotatable bonds is 9. The van der Waals surface area contributed by atoms with E-state index in [1.54, 1.807) is 56.0 Å². The van der Waals surface area contributed by atoms with Crippen LogP contribution in [0.1, 0.15) is 58.4 Å². The van der Waals surface area contributed by atoms with E-state index in [0.717, 1.165) is 24.2 Å². The van der Waals surface area contributed by atoms with E-state index in [2.05, 4.69) is 10.0 Å². The Morgan fingerprint density at radius 2 is 1.72 bits per heavy atom. The minimum atomic E-state index is -4.08. The summed E-state index contributed by atoms with van der Waals surface area (Å²) in [7, 11) is -4.08. The number of hydrogen-bond acceptors (Lipinski definition) is 7. The lowest BCUT2D eigenvalue weighted by Crippen LogP contribution is -2.54. The molecular formula is C26H38N4O8S. The van der Waals surface area contributed by atoms with Crippen LogP contribution in [0.4, 0.5) is 4.79 Å². The summed E-state index contributed by atoms with van der Waals surface area (Å²) in [6.45, 7) is 5.90. The molecule has 0 unspecified atom stereocenters. The topological polar surface area (TPSA) is 162 Å². The fourth-order valence-corrected chi connectivity index (χ4v) is 6.10. The monoisotopic (exact) mass is 566 g/mol. The maximum absolute atomic E-state index is 13.7. The van der Waals surface area contributed by atoms with Gasteiger partial charge in [-0.05, 0) is 45.6 Å². The van der Waals surface area contributed by atoms with Crippen LogP contribution in [0, 0.1) is 0 Å². The van der Waals surface area contributed by atoms with Gasteiger partial charge in [-0.1, -0.05) is 30.3 Å². The van der Waals surface area contributed by atoms with Crippen LogP contribution in [0.25, 0.3) is 0 Å². The first-order valence-electron chi connectivity index (χ1n) is 13.1. The Balaban J connectivity index is 1.80. The molecule has 1 aromatic carbocycles. The zero-order chi connectivity index (χ0) is 28.8. The summed E-state index contributed by atoms with van der Waals surface area (Å²) >= 11 is 0. The highest BCUT2D eigenvalue weighted by Crippen LogP contribution is 2.22. The number of hydrogen-bond donors (Lipinski definition) is 3. The lowest BCUT2D eigenvalue weighted by Gasteiger charge is -2.30. The van der Waals surface area contributed by atoms with Crippen LogP contribution in [0.3, 0.4) is 0 Å². The molecule has 2 aliphatic rings. The van der Waals surface area contributed by atoms with Gasteiger partial charge in [-0.3, -0.25) is 9.59 Å². The average Bonchev–Trinajstić information content (AvgIpc) is 3.26. The third-order valence-electron chi connectivity index (χ3n) is 6.50. The van der Waals surface area contributed by atoms with Crippen molar-refractivity contribution < 1.29 is 37.4 Å². The maximum Gasteiger partial charge on any atom is 0.407 e. The molecule has 39 heavy (non-hydrogen) atoms. The van der Waals surface area contributed by atoms with Gasteiger partial charge >= 0.3 is 12.1 Å². The number of likely N-dealkylation sites (tertiary alicyclic amines) is 2. The Bertz CT molecular complexity index is 1150. The lowest BCUT2D eigenvalue weighted by atomic mass is 10.1. The van der Waals surface area contributed by atoms with Crippen molar-refractivity contribution in [3.05, 3.63) is 35.9 Å². The molecule has 2 aliphatic heterocycles. The van der Waals surface area contributed by atoms with Crippen LogP contribution in [0.5, 0.6) is 0 Å². The predicted molar refractivity (Wildman–Crippen MR) is 142 cm³/mol. The van der Waals surface area contributed by atoms with Crippen molar-refractivity contribution in [2.45, 2.75) is 82.4 Å². The minimum Gasteiger partial charge on any atom is -0.480 e. The summed E-state index contributed by atoms with van der Waals surface area (Å²) in [6, 6.07) is 4.82. The predicted octanol–water partition coefficient (Wildman–Crippen LogP) is 1.46. The summed E-state index contributed by atoms with van der Waals surface area (Å²) in [5, 5.41) is 12.4. The number of sulfonamides is 1. The Hall–Kier alpha value is -3.19. The number of benzene rings is 1. The van der Waals surface area contributed by atoms with Gasteiger partial charge in [0.1, 0.15) is 17.7 Å². The molecule has 12 nitrogen and oxygen atoms in total. The van der Waals surface area contributed by atoms with Crippen molar-refractivity contribution in [3.63, 3.8) is 0 Å². The molecule has 3 rings (SSSR count). The summed E-state index contributed by atoms with van der Waals surface area (Å²) in [6.07, 6.45) is 1.32. The number of alkyl carbamates (subject to hydrolysis) is 1. The first-order valence-corrected chi connectivity index (χ1v) is 14.7. The van der Waals surface area contributed by atoms with E-state index < -0.39 is 63.9 Å². The van der Waals surface area contributed by atoms with Gasteiger partial charge in [-0.15, -0.1) is 0 Å². The quantitative estimate of drug-likeness (QED) is 0.405. The molecule has 0 spiro atoms. The minimum absolute atomic E-state index is 0.0934. The smallest absolute Gasteiger partial charge is 0.407 e. The lowest BCUT2D eigenvalue weighted by molar-refractivity contribution is -0.149. The van der Waals surface area contributed by atoms with Crippen molar-refractivity contribution >= 4 is 33.9 Å². The second kappa shape index (κ2) is 12.8. The Morgan fingerprint density at radius 1 is 1.08 bits per heavy atom. The fraction of sp³-hybridized carbons (Fsp3) is 0.615. The summed E-state index contributed by atoms with van der Waals surface area (Å²) in [5.74, 6) is -2.94. The molecule has 3 N–H and O–H groups in total. The van der Waals surface area contributed by atoms with Crippen LogP contribution < -0.4 is 10.0 Å². The van der Waals surface area contributed by atoms with E-state index in [-0.39, 0.29) is 18.9 Å². The standard InChI is InChI=1S/C26H38N4O8S/c1-26(2,3)38-25(35)27-19-14-21(24(33)34)30(16-19)23(32)20(15-22(31)29-12-8-5-9-13-29)28-39(36,37)17-18-10-6-4-7-11-18/h4,6-7,10-11,19-21,28H,5,8-9,12-17H2,1-3H3,(H,27,35)(H,33,34)/t19-,20+,21-/m0/s1. The number of carboxylic acid groups (broad SMARTS) is 1. The zero-order valence-corrected chi connectivity index (χ0v) is 23.4. The second-order valence-corrected chi connectivity index (χ2v) is 12.7. The molecule has 216 valence electrons. The van der Waals surface area contributed by atoms with Crippen LogP contribution in [0.2, 0.25) is 0 Å². The summed E-state index contributed by atoms with van der Waals surface area (Å²) < 4.78 is 33.7. The molecule has 1 aromatic rings. The van der Waals surface area contributed by atoms with Crippen molar-refractivity contribution in [2.24, 2.45) is 0 Å². The number of ether oxygens (including phenoxy) is 1. The molecule has 0 aliphatic carbocycles. The van der Waals surface area contributed by atoms with Crippen molar-refractivity contribution in [2.75, 3.05) is 19.6 Å².